The van der Waals surface area contributed by atoms with Crippen LogP contribution in [0.2, 0.25) is 0 Å². The topological polar surface area (TPSA) is 61.4 Å². The number of halogens is 1. The summed E-state index contributed by atoms with van der Waals surface area (Å²) < 4.78 is 0.843. The zero-order valence-electron chi connectivity index (χ0n) is 15.6. The Kier molecular flexibility index (Phi) is 6.95. The molecule has 0 atom stereocenters. The smallest absolute Gasteiger partial charge is 0.258 e. The van der Waals surface area contributed by atoms with E-state index >= 15 is 0 Å². The molecule has 0 aliphatic heterocycles. The number of carbonyl (C=O) groups is 2. The van der Waals surface area contributed by atoms with Crippen LogP contribution in [0.4, 0.5) is 11.4 Å². The summed E-state index contributed by atoms with van der Waals surface area (Å²) in [5.74, 6) is -0.388. The van der Waals surface area contributed by atoms with Gasteiger partial charge < -0.3 is 10.2 Å². The SMILES string of the molecule is CN(C(=O)c1ccc(NC(=S)NC(=O)c2ccccc2I)cc1)c1ccccc1. The molecular weight excluding hydrogens is 497 g/mol. The van der Waals surface area contributed by atoms with Gasteiger partial charge in [0.05, 0.1) is 5.56 Å². The summed E-state index contributed by atoms with van der Waals surface area (Å²) in [7, 11) is 1.74. The van der Waals surface area contributed by atoms with Gasteiger partial charge in [0.25, 0.3) is 11.8 Å². The monoisotopic (exact) mass is 515 g/mol. The molecule has 0 spiro atoms. The lowest BCUT2D eigenvalue weighted by Gasteiger charge is -2.17. The van der Waals surface area contributed by atoms with E-state index in [-0.39, 0.29) is 16.9 Å². The minimum Gasteiger partial charge on any atom is -0.332 e. The number of anilines is 2. The molecule has 0 radical (unpaired) electrons. The Labute approximate surface area is 188 Å². The van der Waals surface area contributed by atoms with Gasteiger partial charge in [-0.05, 0) is 83.3 Å². The molecular formula is C22H18IN3O2S. The Morgan fingerprint density at radius 3 is 2.17 bits per heavy atom. The van der Waals surface area contributed by atoms with Crippen LogP contribution in [0.1, 0.15) is 20.7 Å². The van der Waals surface area contributed by atoms with Crippen molar-refractivity contribution in [3.63, 3.8) is 0 Å². The van der Waals surface area contributed by atoms with Crippen LogP contribution in [0, 0.1) is 3.57 Å². The number of amides is 2. The third-order valence-electron chi connectivity index (χ3n) is 4.18. The highest BCUT2D eigenvalue weighted by Crippen LogP contribution is 2.17. The van der Waals surface area contributed by atoms with E-state index in [4.69, 9.17) is 12.2 Å². The van der Waals surface area contributed by atoms with Gasteiger partial charge in [-0.2, -0.15) is 0 Å². The van der Waals surface area contributed by atoms with Gasteiger partial charge in [-0.3, -0.25) is 14.9 Å². The van der Waals surface area contributed by atoms with Crippen molar-refractivity contribution in [3.05, 3.63) is 93.6 Å². The first kappa shape index (κ1) is 20.9. The highest BCUT2D eigenvalue weighted by Gasteiger charge is 2.14. The average molecular weight is 515 g/mol. The molecule has 0 aliphatic carbocycles. The summed E-state index contributed by atoms with van der Waals surface area (Å²) in [6.07, 6.45) is 0. The fourth-order valence-electron chi connectivity index (χ4n) is 2.64. The van der Waals surface area contributed by atoms with E-state index < -0.39 is 0 Å². The van der Waals surface area contributed by atoms with Gasteiger partial charge in [0, 0.05) is 27.6 Å². The van der Waals surface area contributed by atoms with E-state index in [0.717, 1.165) is 9.26 Å². The second-order valence-corrected chi connectivity index (χ2v) is 7.74. The quantitative estimate of drug-likeness (QED) is 0.391. The number of thiocarbonyl (C=S) groups is 1. The van der Waals surface area contributed by atoms with Crippen molar-refractivity contribution in [2.45, 2.75) is 0 Å². The third kappa shape index (κ3) is 5.39. The van der Waals surface area contributed by atoms with Crippen molar-refractivity contribution >= 4 is 63.1 Å². The summed E-state index contributed by atoms with van der Waals surface area (Å²) in [4.78, 5) is 26.6. The summed E-state index contributed by atoms with van der Waals surface area (Å²) in [5, 5.41) is 5.82. The lowest BCUT2D eigenvalue weighted by molar-refractivity contribution is 0.0973. The zero-order chi connectivity index (χ0) is 20.8. The van der Waals surface area contributed by atoms with Gasteiger partial charge in [-0.25, -0.2) is 0 Å². The number of hydrogen-bond acceptors (Lipinski definition) is 3. The van der Waals surface area contributed by atoms with Crippen molar-refractivity contribution in [1.29, 1.82) is 0 Å². The van der Waals surface area contributed by atoms with Gasteiger partial charge in [0.1, 0.15) is 0 Å². The molecule has 2 N–H and O–H groups in total. The predicted octanol–water partition coefficient (Wildman–Crippen LogP) is 4.69. The fourth-order valence-corrected chi connectivity index (χ4v) is 3.48. The largest absolute Gasteiger partial charge is 0.332 e. The third-order valence-corrected chi connectivity index (χ3v) is 5.33. The summed E-state index contributed by atoms with van der Waals surface area (Å²) in [6, 6.07) is 23.6. The van der Waals surface area contributed by atoms with Crippen LogP contribution in [0.25, 0.3) is 0 Å². The molecule has 0 fully saturated rings. The maximum absolute atomic E-state index is 12.6. The Hall–Kier alpha value is -2.78. The molecule has 0 heterocycles. The molecule has 0 saturated heterocycles. The van der Waals surface area contributed by atoms with E-state index in [1.165, 1.54) is 0 Å². The highest BCUT2D eigenvalue weighted by molar-refractivity contribution is 14.1. The Bertz CT molecular complexity index is 1040. The Morgan fingerprint density at radius 2 is 1.52 bits per heavy atom. The molecule has 7 heteroatoms. The molecule has 0 aromatic heterocycles. The van der Waals surface area contributed by atoms with Crippen LogP contribution in [0.5, 0.6) is 0 Å². The Morgan fingerprint density at radius 1 is 0.897 bits per heavy atom. The van der Waals surface area contributed by atoms with Crippen LogP contribution >= 0.6 is 34.8 Å². The number of carbonyl (C=O) groups excluding carboxylic acids is 2. The molecule has 0 saturated carbocycles. The first-order chi connectivity index (χ1) is 14.0. The average Bonchev–Trinajstić information content (AvgIpc) is 2.74. The summed E-state index contributed by atoms with van der Waals surface area (Å²) in [5.41, 5.74) is 2.61. The number of benzene rings is 3. The molecule has 0 bridgehead atoms. The molecule has 2 amide bonds. The maximum Gasteiger partial charge on any atom is 0.258 e. The molecule has 0 aliphatic rings. The minimum atomic E-state index is -0.274. The van der Waals surface area contributed by atoms with Crippen LogP contribution < -0.4 is 15.5 Å². The van der Waals surface area contributed by atoms with Crippen LogP contribution in [-0.2, 0) is 0 Å². The van der Waals surface area contributed by atoms with E-state index in [1.54, 1.807) is 48.3 Å². The molecule has 29 heavy (non-hydrogen) atoms. The molecule has 5 nitrogen and oxygen atoms in total. The van der Waals surface area contributed by atoms with Crippen molar-refractivity contribution in [2.75, 3.05) is 17.3 Å². The van der Waals surface area contributed by atoms with Gasteiger partial charge in [-0.15, -0.1) is 0 Å². The second kappa shape index (κ2) is 9.62. The first-order valence-corrected chi connectivity index (χ1v) is 10.2. The molecule has 0 unspecified atom stereocenters. The Balaban J connectivity index is 1.61. The highest BCUT2D eigenvalue weighted by atomic mass is 127. The van der Waals surface area contributed by atoms with Crippen molar-refractivity contribution in [1.82, 2.24) is 5.32 Å². The molecule has 3 aromatic rings. The lowest BCUT2D eigenvalue weighted by Crippen LogP contribution is -2.34. The second-order valence-electron chi connectivity index (χ2n) is 6.17. The number of hydrogen-bond donors (Lipinski definition) is 2. The zero-order valence-corrected chi connectivity index (χ0v) is 18.5. The standard InChI is InChI=1S/C22H18IN3O2S/c1-26(17-7-3-2-4-8-17)21(28)15-11-13-16(14-12-15)24-22(29)25-20(27)18-9-5-6-10-19(18)23/h2-14H,1H3,(H2,24,25,27,29). The van der Waals surface area contributed by atoms with Gasteiger partial charge in [0.15, 0.2) is 5.11 Å². The molecule has 146 valence electrons. The molecule has 3 rings (SSSR count). The first-order valence-electron chi connectivity index (χ1n) is 8.76. The fraction of sp³-hybridized carbons (Fsp3) is 0.0455. The number of rotatable bonds is 4. The van der Waals surface area contributed by atoms with Gasteiger partial charge in [-0.1, -0.05) is 30.3 Å². The van der Waals surface area contributed by atoms with Crippen LogP contribution in [-0.4, -0.2) is 24.0 Å². The van der Waals surface area contributed by atoms with Crippen molar-refractivity contribution in [3.8, 4) is 0 Å². The van der Waals surface area contributed by atoms with Gasteiger partial charge >= 0.3 is 0 Å². The number of para-hydroxylation sites is 1. The van der Waals surface area contributed by atoms with E-state index in [1.807, 2.05) is 42.5 Å². The number of nitrogens with zero attached hydrogens (tertiary/aromatic N) is 1. The summed E-state index contributed by atoms with van der Waals surface area (Å²) in [6.45, 7) is 0. The van der Waals surface area contributed by atoms with Gasteiger partial charge in [0.2, 0.25) is 0 Å². The molecule has 3 aromatic carbocycles. The van der Waals surface area contributed by atoms with Crippen LogP contribution in [0.15, 0.2) is 78.9 Å². The van der Waals surface area contributed by atoms with E-state index in [2.05, 4.69) is 33.2 Å². The normalized spacial score (nSPS) is 10.1. The number of nitrogens with one attached hydrogen (secondary N) is 2. The maximum atomic E-state index is 12.6. The lowest BCUT2D eigenvalue weighted by atomic mass is 10.1. The summed E-state index contributed by atoms with van der Waals surface area (Å²) >= 11 is 7.33. The van der Waals surface area contributed by atoms with Crippen molar-refractivity contribution in [2.24, 2.45) is 0 Å². The predicted molar refractivity (Wildman–Crippen MR) is 128 cm³/mol. The van der Waals surface area contributed by atoms with Crippen molar-refractivity contribution < 1.29 is 9.59 Å². The van der Waals surface area contributed by atoms with E-state index in [0.29, 0.717) is 16.8 Å². The minimum absolute atomic E-state index is 0.114. The van der Waals surface area contributed by atoms with E-state index in [9.17, 15) is 9.59 Å². The van der Waals surface area contributed by atoms with Crippen LogP contribution in [0.3, 0.4) is 0 Å².